The predicted octanol–water partition coefficient (Wildman–Crippen LogP) is 4.00. The summed E-state index contributed by atoms with van der Waals surface area (Å²) in [6.07, 6.45) is 0. The second-order valence-corrected chi connectivity index (χ2v) is 4.26. The van der Waals surface area contributed by atoms with Crippen LogP contribution in [0.4, 0.5) is 0 Å². The van der Waals surface area contributed by atoms with Gasteiger partial charge in [0, 0.05) is 16.5 Å². The summed E-state index contributed by atoms with van der Waals surface area (Å²) in [6.45, 7) is 4.19. The molecule has 0 fully saturated rings. The van der Waals surface area contributed by atoms with E-state index in [0.717, 1.165) is 11.2 Å². The molecule has 1 nitrogen and oxygen atoms in total. The van der Waals surface area contributed by atoms with Gasteiger partial charge in [-0.25, -0.2) is 0 Å². The van der Waals surface area contributed by atoms with Gasteiger partial charge in [-0.1, -0.05) is 30.3 Å². The number of pyridine rings is 1. The van der Waals surface area contributed by atoms with Gasteiger partial charge in [0.1, 0.15) is 0 Å². The quantitative estimate of drug-likeness (QED) is 0.508. The second kappa shape index (κ2) is 3.31. The molecular formula is C15H13N. The summed E-state index contributed by atoms with van der Waals surface area (Å²) in [4.78, 5) is 4.64. The molecule has 0 aliphatic heterocycles. The first-order chi connectivity index (χ1) is 7.75. The Morgan fingerprint density at radius 3 is 2.44 bits per heavy atom. The highest BCUT2D eigenvalue weighted by Crippen LogP contribution is 2.26. The van der Waals surface area contributed by atoms with Crippen LogP contribution in [0.1, 0.15) is 11.3 Å². The number of hydrogen-bond donors (Lipinski definition) is 0. The minimum absolute atomic E-state index is 1.07. The van der Waals surface area contributed by atoms with Gasteiger partial charge in [0.15, 0.2) is 0 Å². The predicted molar refractivity (Wildman–Crippen MR) is 68.7 cm³/mol. The van der Waals surface area contributed by atoms with Gasteiger partial charge in [-0.05, 0) is 36.9 Å². The maximum absolute atomic E-state index is 4.64. The molecule has 3 aromatic rings. The van der Waals surface area contributed by atoms with Gasteiger partial charge in [0.05, 0.1) is 5.52 Å². The van der Waals surface area contributed by atoms with Crippen LogP contribution in [0.2, 0.25) is 0 Å². The van der Waals surface area contributed by atoms with Crippen molar-refractivity contribution in [2.45, 2.75) is 13.8 Å². The number of aromatic nitrogens is 1. The van der Waals surface area contributed by atoms with Crippen LogP contribution in [0.3, 0.4) is 0 Å². The highest BCUT2D eigenvalue weighted by molar-refractivity contribution is 6.06. The SMILES string of the molecule is Cc1ccc2cc(C)c3ccccc3c2n1. The Bertz CT molecular complexity index is 683. The summed E-state index contributed by atoms with van der Waals surface area (Å²) in [6, 6.07) is 14.9. The number of rotatable bonds is 0. The molecule has 0 aliphatic carbocycles. The summed E-state index contributed by atoms with van der Waals surface area (Å²) in [5.74, 6) is 0. The van der Waals surface area contributed by atoms with Gasteiger partial charge in [0.2, 0.25) is 0 Å². The van der Waals surface area contributed by atoms with Gasteiger partial charge in [-0.15, -0.1) is 0 Å². The van der Waals surface area contributed by atoms with Crippen molar-refractivity contribution in [3.8, 4) is 0 Å². The molecule has 2 aromatic carbocycles. The highest BCUT2D eigenvalue weighted by Gasteiger charge is 2.04. The minimum Gasteiger partial charge on any atom is -0.252 e. The summed E-state index contributed by atoms with van der Waals surface area (Å²) in [7, 11) is 0. The number of nitrogens with zero attached hydrogens (tertiary/aromatic N) is 1. The van der Waals surface area contributed by atoms with Crippen LogP contribution < -0.4 is 0 Å². The summed E-state index contributed by atoms with van der Waals surface area (Å²) in [5, 5.41) is 3.77. The van der Waals surface area contributed by atoms with Crippen LogP contribution in [-0.2, 0) is 0 Å². The van der Waals surface area contributed by atoms with E-state index in [4.69, 9.17) is 0 Å². The molecule has 0 unspecified atom stereocenters. The van der Waals surface area contributed by atoms with Crippen LogP contribution in [0, 0.1) is 13.8 Å². The molecule has 0 spiro atoms. The molecule has 0 N–H and O–H groups in total. The maximum Gasteiger partial charge on any atom is 0.0783 e. The number of aryl methyl sites for hydroxylation is 2. The molecule has 16 heavy (non-hydrogen) atoms. The monoisotopic (exact) mass is 207 g/mol. The van der Waals surface area contributed by atoms with E-state index in [0.29, 0.717) is 0 Å². The van der Waals surface area contributed by atoms with Crippen molar-refractivity contribution in [2.75, 3.05) is 0 Å². The number of fused-ring (bicyclic) bond motifs is 3. The Kier molecular flexibility index (Phi) is 1.93. The fourth-order valence-electron chi connectivity index (χ4n) is 2.24. The smallest absolute Gasteiger partial charge is 0.0783 e. The average Bonchev–Trinajstić information content (AvgIpc) is 2.31. The van der Waals surface area contributed by atoms with Crippen molar-refractivity contribution in [1.29, 1.82) is 0 Å². The first-order valence-electron chi connectivity index (χ1n) is 5.51. The fourth-order valence-corrected chi connectivity index (χ4v) is 2.24. The molecule has 3 rings (SSSR count). The lowest BCUT2D eigenvalue weighted by molar-refractivity contribution is 1.26. The topological polar surface area (TPSA) is 12.9 Å². The van der Waals surface area contributed by atoms with E-state index in [1.807, 2.05) is 6.92 Å². The van der Waals surface area contributed by atoms with E-state index in [-0.39, 0.29) is 0 Å². The lowest BCUT2D eigenvalue weighted by Gasteiger charge is -2.07. The summed E-state index contributed by atoms with van der Waals surface area (Å²) < 4.78 is 0. The van der Waals surface area contributed by atoms with Gasteiger partial charge >= 0.3 is 0 Å². The van der Waals surface area contributed by atoms with Crippen LogP contribution in [0.25, 0.3) is 21.7 Å². The molecule has 0 amide bonds. The van der Waals surface area contributed by atoms with Gasteiger partial charge in [-0.3, -0.25) is 4.98 Å². The molecule has 0 bridgehead atoms. The second-order valence-electron chi connectivity index (χ2n) is 4.26. The zero-order valence-electron chi connectivity index (χ0n) is 9.49. The zero-order valence-corrected chi connectivity index (χ0v) is 9.49. The Hall–Kier alpha value is -1.89. The van der Waals surface area contributed by atoms with E-state index < -0.39 is 0 Å². The highest BCUT2D eigenvalue weighted by atomic mass is 14.7. The zero-order chi connectivity index (χ0) is 11.1. The Morgan fingerprint density at radius 1 is 0.875 bits per heavy atom. The summed E-state index contributed by atoms with van der Waals surface area (Å²) >= 11 is 0. The van der Waals surface area contributed by atoms with Crippen molar-refractivity contribution >= 4 is 21.7 Å². The third kappa shape index (κ3) is 1.28. The van der Waals surface area contributed by atoms with Crippen molar-refractivity contribution in [3.05, 3.63) is 53.7 Å². The molecule has 0 saturated heterocycles. The minimum atomic E-state index is 1.07. The molecular weight excluding hydrogens is 194 g/mol. The maximum atomic E-state index is 4.64. The normalized spacial score (nSPS) is 11.1. The van der Waals surface area contributed by atoms with Crippen molar-refractivity contribution < 1.29 is 0 Å². The Balaban J connectivity index is 2.61. The van der Waals surface area contributed by atoms with E-state index in [1.165, 1.54) is 21.7 Å². The van der Waals surface area contributed by atoms with E-state index in [1.54, 1.807) is 0 Å². The fraction of sp³-hybridized carbons (Fsp3) is 0.133. The molecule has 0 atom stereocenters. The standard InChI is InChI=1S/C15H13N/c1-10-9-12-8-7-11(2)16-15(12)14-6-4-3-5-13(10)14/h3-9H,1-2H3. The number of benzene rings is 2. The molecule has 0 saturated carbocycles. The van der Waals surface area contributed by atoms with Crippen LogP contribution in [0.15, 0.2) is 42.5 Å². The van der Waals surface area contributed by atoms with Crippen molar-refractivity contribution in [1.82, 2.24) is 4.98 Å². The largest absolute Gasteiger partial charge is 0.252 e. The van der Waals surface area contributed by atoms with Gasteiger partial charge < -0.3 is 0 Å². The van der Waals surface area contributed by atoms with E-state index in [9.17, 15) is 0 Å². The number of hydrogen-bond acceptors (Lipinski definition) is 1. The van der Waals surface area contributed by atoms with Gasteiger partial charge in [0.25, 0.3) is 0 Å². The van der Waals surface area contributed by atoms with Crippen LogP contribution >= 0.6 is 0 Å². The molecule has 1 heteroatoms. The van der Waals surface area contributed by atoms with E-state index in [2.05, 4.69) is 54.4 Å². The first kappa shape index (κ1) is 9.34. The van der Waals surface area contributed by atoms with Crippen molar-refractivity contribution in [3.63, 3.8) is 0 Å². The molecule has 1 heterocycles. The molecule has 0 aliphatic rings. The van der Waals surface area contributed by atoms with Crippen LogP contribution in [0.5, 0.6) is 0 Å². The van der Waals surface area contributed by atoms with E-state index >= 15 is 0 Å². The van der Waals surface area contributed by atoms with Crippen LogP contribution in [-0.4, -0.2) is 4.98 Å². The third-order valence-electron chi connectivity index (χ3n) is 3.04. The van der Waals surface area contributed by atoms with Gasteiger partial charge in [-0.2, -0.15) is 0 Å². The Labute approximate surface area is 94.7 Å². The third-order valence-corrected chi connectivity index (χ3v) is 3.04. The molecule has 78 valence electrons. The van der Waals surface area contributed by atoms with Crippen molar-refractivity contribution in [2.24, 2.45) is 0 Å². The molecule has 0 radical (unpaired) electrons. The summed E-state index contributed by atoms with van der Waals surface area (Å²) in [5.41, 5.74) is 3.50. The first-order valence-corrected chi connectivity index (χ1v) is 5.51. The average molecular weight is 207 g/mol. The Morgan fingerprint density at radius 2 is 1.62 bits per heavy atom. The lowest BCUT2D eigenvalue weighted by atomic mass is 10.0. The molecule has 1 aromatic heterocycles. The lowest BCUT2D eigenvalue weighted by Crippen LogP contribution is -1.87.